The molecule has 0 saturated carbocycles. The molecule has 0 spiro atoms. The van der Waals surface area contributed by atoms with E-state index in [1.807, 2.05) is 12.1 Å². The van der Waals surface area contributed by atoms with E-state index >= 15 is 0 Å². The van der Waals surface area contributed by atoms with Crippen LogP contribution in [0.2, 0.25) is 0 Å². The highest BCUT2D eigenvalue weighted by Crippen LogP contribution is 2.14. The van der Waals surface area contributed by atoms with Crippen molar-refractivity contribution < 1.29 is 4.42 Å². The lowest BCUT2D eigenvalue weighted by atomic mass is 10.2. The van der Waals surface area contributed by atoms with Crippen molar-refractivity contribution in [2.24, 2.45) is 4.99 Å². The predicted octanol–water partition coefficient (Wildman–Crippen LogP) is 4.29. The van der Waals surface area contributed by atoms with E-state index in [1.54, 1.807) is 17.6 Å². The number of nitrogens with zero attached hydrogens (tertiary/aromatic N) is 2. The minimum absolute atomic E-state index is 0.716. The van der Waals surface area contributed by atoms with Gasteiger partial charge < -0.3 is 8.98 Å². The summed E-state index contributed by atoms with van der Waals surface area (Å²) < 4.78 is 7.62. The van der Waals surface area contributed by atoms with Gasteiger partial charge in [-0.3, -0.25) is 0 Å². The second kappa shape index (κ2) is 6.14. The minimum atomic E-state index is 0.716. The van der Waals surface area contributed by atoms with Crippen molar-refractivity contribution in [2.75, 3.05) is 0 Å². The molecule has 0 fully saturated rings. The molecule has 21 heavy (non-hydrogen) atoms. The third-order valence-corrected chi connectivity index (χ3v) is 4.44. The van der Waals surface area contributed by atoms with E-state index in [4.69, 9.17) is 9.41 Å². The number of hydrogen-bond donors (Lipinski definition) is 0. The Bertz CT molecular complexity index is 764. The van der Waals surface area contributed by atoms with Crippen LogP contribution in [0.4, 0.5) is 5.69 Å². The summed E-state index contributed by atoms with van der Waals surface area (Å²) in [6.07, 6.45) is 2.76. The molecule has 0 aliphatic carbocycles. The lowest BCUT2D eigenvalue weighted by molar-refractivity contribution is 0.488. The van der Waals surface area contributed by atoms with Gasteiger partial charge in [-0.2, -0.15) is 0 Å². The number of rotatable bonds is 4. The van der Waals surface area contributed by atoms with E-state index in [0.717, 1.165) is 22.7 Å². The SMILES string of the molecule is CCc1ccc(N=c2scc(C)n2Cc2ccco2)cc1. The number of furan rings is 1. The van der Waals surface area contributed by atoms with Gasteiger partial charge in [0.25, 0.3) is 0 Å². The standard InChI is InChI=1S/C17H18N2OS/c1-3-14-6-8-15(9-7-14)18-17-19(13(2)12-21-17)11-16-5-4-10-20-16/h4-10,12H,3,11H2,1-2H3. The average Bonchev–Trinajstić information content (AvgIpc) is 3.13. The lowest BCUT2D eigenvalue weighted by Gasteiger charge is -2.03. The Morgan fingerprint density at radius 3 is 2.67 bits per heavy atom. The molecule has 1 aromatic carbocycles. The third-order valence-electron chi connectivity index (χ3n) is 3.45. The molecule has 0 radical (unpaired) electrons. The lowest BCUT2D eigenvalue weighted by Crippen LogP contribution is -2.16. The Labute approximate surface area is 128 Å². The Kier molecular flexibility index (Phi) is 4.06. The van der Waals surface area contributed by atoms with Crippen LogP contribution in [0.15, 0.2) is 57.5 Å². The van der Waals surface area contributed by atoms with E-state index in [9.17, 15) is 0 Å². The van der Waals surface area contributed by atoms with Crippen LogP contribution in [0.3, 0.4) is 0 Å². The highest BCUT2D eigenvalue weighted by Gasteiger charge is 2.04. The first kappa shape index (κ1) is 13.9. The molecule has 3 aromatic rings. The maximum absolute atomic E-state index is 5.44. The molecular formula is C17H18N2OS. The van der Waals surface area contributed by atoms with Crippen LogP contribution in [0.5, 0.6) is 0 Å². The molecular weight excluding hydrogens is 280 g/mol. The largest absolute Gasteiger partial charge is 0.467 e. The third kappa shape index (κ3) is 3.16. The Balaban J connectivity index is 1.95. The van der Waals surface area contributed by atoms with Crippen LogP contribution in [0.25, 0.3) is 0 Å². The van der Waals surface area contributed by atoms with E-state index in [0.29, 0.717) is 6.54 Å². The second-order valence-electron chi connectivity index (χ2n) is 4.96. The first-order valence-electron chi connectivity index (χ1n) is 7.07. The van der Waals surface area contributed by atoms with Crippen LogP contribution in [0, 0.1) is 6.92 Å². The molecule has 0 aliphatic rings. The number of aromatic nitrogens is 1. The minimum Gasteiger partial charge on any atom is -0.467 e. The maximum Gasteiger partial charge on any atom is 0.190 e. The van der Waals surface area contributed by atoms with Gasteiger partial charge in [0.15, 0.2) is 4.80 Å². The first-order valence-corrected chi connectivity index (χ1v) is 7.95. The fourth-order valence-corrected chi connectivity index (χ4v) is 3.07. The van der Waals surface area contributed by atoms with Gasteiger partial charge in [0.05, 0.1) is 18.5 Å². The smallest absolute Gasteiger partial charge is 0.190 e. The van der Waals surface area contributed by atoms with Crippen molar-refractivity contribution >= 4 is 17.0 Å². The van der Waals surface area contributed by atoms with Crippen molar-refractivity contribution in [3.05, 3.63) is 69.9 Å². The van der Waals surface area contributed by atoms with Gasteiger partial charge >= 0.3 is 0 Å². The monoisotopic (exact) mass is 298 g/mol. The summed E-state index contributed by atoms with van der Waals surface area (Å²) in [5.74, 6) is 0.944. The summed E-state index contributed by atoms with van der Waals surface area (Å²) in [6.45, 7) is 4.97. The van der Waals surface area contributed by atoms with E-state index in [1.165, 1.54) is 11.3 Å². The van der Waals surface area contributed by atoms with Crippen molar-refractivity contribution in [3.63, 3.8) is 0 Å². The fraction of sp³-hybridized carbons (Fsp3) is 0.235. The summed E-state index contributed by atoms with van der Waals surface area (Å²) in [6, 6.07) is 12.3. The molecule has 0 aliphatic heterocycles. The molecule has 3 rings (SSSR count). The van der Waals surface area contributed by atoms with Gasteiger partial charge in [-0.1, -0.05) is 19.1 Å². The summed E-state index contributed by atoms with van der Waals surface area (Å²) >= 11 is 1.66. The Morgan fingerprint density at radius 2 is 2.00 bits per heavy atom. The molecule has 2 heterocycles. The first-order chi connectivity index (χ1) is 10.3. The summed E-state index contributed by atoms with van der Waals surface area (Å²) in [7, 11) is 0. The highest BCUT2D eigenvalue weighted by atomic mass is 32.1. The molecule has 0 atom stereocenters. The number of benzene rings is 1. The normalized spacial score (nSPS) is 12.0. The van der Waals surface area contributed by atoms with Crippen molar-refractivity contribution in [3.8, 4) is 0 Å². The van der Waals surface area contributed by atoms with Crippen LogP contribution < -0.4 is 4.80 Å². The van der Waals surface area contributed by atoms with Gasteiger partial charge in [0.2, 0.25) is 0 Å². The molecule has 0 bridgehead atoms. The zero-order valence-corrected chi connectivity index (χ0v) is 13.1. The number of thiazole rings is 1. The molecule has 0 saturated heterocycles. The van der Waals surface area contributed by atoms with Crippen molar-refractivity contribution in [1.29, 1.82) is 0 Å². The zero-order valence-electron chi connectivity index (χ0n) is 12.2. The van der Waals surface area contributed by atoms with Crippen LogP contribution in [0.1, 0.15) is 23.9 Å². The van der Waals surface area contributed by atoms with E-state index in [-0.39, 0.29) is 0 Å². The predicted molar refractivity (Wildman–Crippen MR) is 85.9 cm³/mol. The summed E-state index contributed by atoms with van der Waals surface area (Å²) in [5, 5.41) is 2.13. The van der Waals surface area contributed by atoms with E-state index in [2.05, 4.69) is 48.1 Å². The topological polar surface area (TPSA) is 30.4 Å². The molecule has 3 nitrogen and oxygen atoms in total. The van der Waals surface area contributed by atoms with E-state index < -0.39 is 0 Å². The maximum atomic E-state index is 5.44. The zero-order chi connectivity index (χ0) is 14.7. The quantitative estimate of drug-likeness (QED) is 0.706. The average molecular weight is 298 g/mol. The van der Waals surface area contributed by atoms with Crippen molar-refractivity contribution in [1.82, 2.24) is 4.57 Å². The highest BCUT2D eigenvalue weighted by molar-refractivity contribution is 7.07. The van der Waals surface area contributed by atoms with Crippen LogP contribution in [-0.2, 0) is 13.0 Å². The van der Waals surface area contributed by atoms with Crippen LogP contribution >= 0.6 is 11.3 Å². The number of hydrogen-bond acceptors (Lipinski definition) is 3. The molecule has 0 unspecified atom stereocenters. The van der Waals surface area contributed by atoms with Gasteiger partial charge in [0.1, 0.15) is 5.76 Å². The molecule has 2 aromatic heterocycles. The second-order valence-corrected chi connectivity index (χ2v) is 5.79. The van der Waals surface area contributed by atoms with Crippen LogP contribution in [-0.4, -0.2) is 4.57 Å². The van der Waals surface area contributed by atoms with Gasteiger partial charge in [-0.05, 0) is 43.2 Å². The molecule has 4 heteroatoms. The van der Waals surface area contributed by atoms with Gasteiger partial charge in [0, 0.05) is 11.1 Å². The Hall–Kier alpha value is -2.07. The molecule has 0 N–H and O–H groups in total. The van der Waals surface area contributed by atoms with Crippen molar-refractivity contribution in [2.45, 2.75) is 26.8 Å². The summed E-state index contributed by atoms with van der Waals surface area (Å²) in [4.78, 5) is 5.75. The summed E-state index contributed by atoms with van der Waals surface area (Å²) in [5.41, 5.74) is 3.52. The Morgan fingerprint density at radius 1 is 1.19 bits per heavy atom. The fourth-order valence-electron chi connectivity index (χ4n) is 2.17. The molecule has 0 amide bonds. The molecule has 108 valence electrons. The number of aryl methyl sites for hydroxylation is 2. The van der Waals surface area contributed by atoms with Gasteiger partial charge in [-0.25, -0.2) is 4.99 Å². The van der Waals surface area contributed by atoms with Gasteiger partial charge in [-0.15, -0.1) is 11.3 Å².